The molecule has 0 saturated heterocycles. The van der Waals surface area contributed by atoms with Gasteiger partial charge in [0.2, 0.25) is 0 Å². The number of hydrogen-bond donors (Lipinski definition) is 1. The average Bonchev–Trinajstić information content (AvgIpc) is 2.72. The number of rotatable bonds is 3. The van der Waals surface area contributed by atoms with Gasteiger partial charge in [-0.25, -0.2) is 0 Å². The Bertz CT molecular complexity index is 378. The molecule has 0 amide bonds. The number of aliphatic hydroxyl groups excluding tert-OH is 1. The van der Waals surface area contributed by atoms with Crippen molar-refractivity contribution in [1.29, 1.82) is 0 Å². The summed E-state index contributed by atoms with van der Waals surface area (Å²) in [6, 6.07) is 0. The van der Waals surface area contributed by atoms with Gasteiger partial charge in [0.1, 0.15) is 5.78 Å². The summed E-state index contributed by atoms with van der Waals surface area (Å²) in [6.07, 6.45) is 10.0. The fourth-order valence-electron chi connectivity index (χ4n) is 6.03. The largest absolute Gasteiger partial charge is 0.396 e. The SMILES string of the molecule is CC(=O)[C@H]1CC[C@H]2C[C@H]3C[C@@H](CCO)CC[C@@H]3C[C@@]21C. The third kappa shape index (κ3) is 2.34. The first kappa shape index (κ1) is 14.6. The number of fused-ring (bicyclic) bond motifs is 2. The van der Waals surface area contributed by atoms with Crippen LogP contribution in [0.2, 0.25) is 0 Å². The van der Waals surface area contributed by atoms with Gasteiger partial charge >= 0.3 is 0 Å². The number of aliphatic hydroxyl groups is 1. The molecule has 0 spiro atoms. The van der Waals surface area contributed by atoms with Gasteiger partial charge < -0.3 is 5.11 Å². The normalized spacial score (nSPS) is 47.6. The molecule has 114 valence electrons. The van der Waals surface area contributed by atoms with E-state index in [-0.39, 0.29) is 0 Å². The third-order valence-corrected chi connectivity index (χ3v) is 7.10. The minimum atomic E-state index is 0.302. The zero-order valence-electron chi connectivity index (χ0n) is 13.1. The van der Waals surface area contributed by atoms with Gasteiger partial charge in [0.15, 0.2) is 0 Å². The van der Waals surface area contributed by atoms with Crippen LogP contribution in [-0.2, 0) is 4.79 Å². The van der Waals surface area contributed by atoms with Gasteiger partial charge in [-0.3, -0.25) is 4.79 Å². The van der Waals surface area contributed by atoms with Crippen LogP contribution in [0.5, 0.6) is 0 Å². The van der Waals surface area contributed by atoms with E-state index < -0.39 is 0 Å². The lowest BCUT2D eigenvalue weighted by molar-refractivity contribution is -0.126. The fraction of sp³-hybridized carbons (Fsp3) is 0.944. The van der Waals surface area contributed by atoms with Crippen molar-refractivity contribution < 1.29 is 9.90 Å². The molecular formula is C18H30O2. The van der Waals surface area contributed by atoms with Crippen LogP contribution in [0.25, 0.3) is 0 Å². The maximum atomic E-state index is 12.0. The van der Waals surface area contributed by atoms with E-state index in [2.05, 4.69) is 6.92 Å². The first-order chi connectivity index (χ1) is 9.54. The summed E-state index contributed by atoms with van der Waals surface area (Å²) in [7, 11) is 0. The van der Waals surface area contributed by atoms with Crippen molar-refractivity contribution in [2.45, 2.75) is 65.2 Å². The van der Waals surface area contributed by atoms with Gasteiger partial charge in [0.05, 0.1) is 0 Å². The maximum absolute atomic E-state index is 12.0. The molecule has 2 heteroatoms. The second-order valence-corrected chi connectivity index (χ2v) is 8.09. The maximum Gasteiger partial charge on any atom is 0.133 e. The summed E-state index contributed by atoms with van der Waals surface area (Å²) in [5, 5.41) is 9.16. The third-order valence-electron chi connectivity index (χ3n) is 7.10. The smallest absolute Gasteiger partial charge is 0.133 e. The molecule has 1 N–H and O–H groups in total. The molecule has 0 aromatic carbocycles. The second-order valence-electron chi connectivity index (χ2n) is 8.09. The molecule has 0 unspecified atom stereocenters. The molecule has 0 bridgehead atoms. The van der Waals surface area contributed by atoms with Gasteiger partial charge in [-0.1, -0.05) is 13.3 Å². The molecule has 0 aliphatic heterocycles. The van der Waals surface area contributed by atoms with Gasteiger partial charge in [-0.05, 0) is 81.0 Å². The van der Waals surface area contributed by atoms with Gasteiger partial charge in [0.25, 0.3) is 0 Å². The molecule has 0 radical (unpaired) electrons. The predicted molar refractivity (Wildman–Crippen MR) is 80.3 cm³/mol. The van der Waals surface area contributed by atoms with E-state index in [0.29, 0.717) is 23.7 Å². The van der Waals surface area contributed by atoms with E-state index in [0.717, 1.165) is 36.5 Å². The van der Waals surface area contributed by atoms with E-state index in [4.69, 9.17) is 5.11 Å². The van der Waals surface area contributed by atoms with Crippen molar-refractivity contribution in [3.63, 3.8) is 0 Å². The van der Waals surface area contributed by atoms with Crippen molar-refractivity contribution in [3.05, 3.63) is 0 Å². The highest BCUT2D eigenvalue weighted by molar-refractivity contribution is 5.79. The Balaban J connectivity index is 1.71. The number of hydrogen-bond acceptors (Lipinski definition) is 2. The summed E-state index contributed by atoms with van der Waals surface area (Å²) in [4.78, 5) is 12.0. The first-order valence-corrected chi connectivity index (χ1v) is 8.66. The highest BCUT2D eigenvalue weighted by Gasteiger charge is 2.54. The minimum Gasteiger partial charge on any atom is -0.396 e. The van der Waals surface area contributed by atoms with Crippen molar-refractivity contribution in [2.75, 3.05) is 6.61 Å². The Kier molecular flexibility index (Phi) is 3.96. The lowest BCUT2D eigenvalue weighted by atomic mass is 9.54. The Hall–Kier alpha value is -0.370. The van der Waals surface area contributed by atoms with Crippen LogP contribution in [0.15, 0.2) is 0 Å². The van der Waals surface area contributed by atoms with Crippen LogP contribution in [0.4, 0.5) is 0 Å². The second kappa shape index (κ2) is 5.44. The van der Waals surface area contributed by atoms with Crippen molar-refractivity contribution in [2.24, 2.45) is 35.0 Å². The molecule has 3 aliphatic rings. The summed E-state index contributed by atoms with van der Waals surface area (Å²) in [6.45, 7) is 4.57. The quantitative estimate of drug-likeness (QED) is 0.852. The lowest BCUT2D eigenvalue weighted by Gasteiger charge is -2.50. The van der Waals surface area contributed by atoms with Crippen LogP contribution in [0.3, 0.4) is 0 Å². The Morgan fingerprint density at radius 2 is 1.95 bits per heavy atom. The summed E-state index contributed by atoms with van der Waals surface area (Å²) in [5.74, 6) is 4.04. The molecule has 2 nitrogen and oxygen atoms in total. The number of carbonyl (C=O) groups is 1. The highest BCUT2D eigenvalue weighted by Crippen LogP contribution is 2.61. The lowest BCUT2D eigenvalue weighted by Crippen LogP contribution is -2.43. The van der Waals surface area contributed by atoms with E-state index >= 15 is 0 Å². The molecule has 6 atom stereocenters. The molecule has 3 rings (SSSR count). The average molecular weight is 278 g/mol. The topological polar surface area (TPSA) is 37.3 Å². The predicted octanol–water partition coefficient (Wildman–Crippen LogP) is 3.82. The molecule has 0 heterocycles. The van der Waals surface area contributed by atoms with E-state index in [9.17, 15) is 4.79 Å². The number of ketones is 1. The molecule has 0 aromatic heterocycles. The van der Waals surface area contributed by atoms with Crippen LogP contribution in [0, 0.1) is 35.0 Å². The standard InChI is InChI=1S/C18H30O2/c1-12(20)17-6-5-16-10-15-9-13(7-8-19)3-4-14(15)11-18(16,17)2/h13-17,19H,3-11H2,1-2H3/t13-,14-,15-,16+,17-,18+/m1/s1. The van der Waals surface area contributed by atoms with Crippen molar-refractivity contribution >= 4 is 5.78 Å². The van der Waals surface area contributed by atoms with E-state index in [1.54, 1.807) is 0 Å². The molecule has 3 saturated carbocycles. The zero-order valence-corrected chi connectivity index (χ0v) is 13.1. The zero-order chi connectivity index (χ0) is 14.3. The van der Waals surface area contributed by atoms with Crippen molar-refractivity contribution in [3.8, 4) is 0 Å². The summed E-state index contributed by atoms with van der Waals surface area (Å²) >= 11 is 0. The van der Waals surface area contributed by atoms with Gasteiger partial charge in [-0.2, -0.15) is 0 Å². The van der Waals surface area contributed by atoms with Gasteiger partial charge in [-0.15, -0.1) is 0 Å². The molecule has 0 aromatic rings. The summed E-state index contributed by atoms with van der Waals surface area (Å²) in [5.41, 5.74) is 0.302. The molecule has 20 heavy (non-hydrogen) atoms. The van der Waals surface area contributed by atoms with Crippen molar-refractivity contribution in [1.82, 2.24) is 0 Å². The molecular weight excluding hydrogens is 248 g/mol. The summed E-state index contributed by atoms with van der Waals surface area (Å²) < 4.78 is 0. The van der Waals surface area contributed by atoms with Crippen LogP contribution in [0.1, 0.15) is 65.2 Å². The monoisotopic (exact) mass is 278 g/mol. The van der Waals surface area contributed by atoms with E-state index in [1.165, 1.54) is 38.5 Å². The first-order valence-electron chi connectivity index (χ1n) is 8.66. The van der Waals surface area contributed by atoms with Crippen LogP contribution >= 0.6 is 0 Å². The van der Waals surface area contributed by atoms with E-state index in [1.807, 2.05) is 6.92 Å². The fourth-order valence-corrected chi connectivity index (χ4v) is 6.03. The molecule has 3 aliphatic carbocycles. The Morgan fingerprint density at radius 1 is 1.15 bits per heavy atom. The van der Waals surface area contributed by atoms with Crippen LogP contribution in [-0.4, -0.2) is 17.5 Å². The van der Waals surface area contributed by atoms with Gasteiger partial charge in [0, 0.05) is 12.5 Å². The molecule has 3 fully saturated rings. The highest BCUT2D eigenvalue weighted by atomic mass is 16.3. The number of Topliss-reactive ketones (excluding diaryl/α,β-unsaturated/α-hetero) is 1. The minimum absolute atomic E-state index is 0.302. The Morgan fingerprint density at radius 3 is 2.65 bits per heavy atom. The Labute approximate surface area is 123 Å². The number of carbonyl (C=O) groups excluding carboxylic acids is 1. The van der Waals surface area contributed by atoms with Crippen LogP contribution < -0.4 is 0 Å².